The van der Waals surface area contributed by atoms with Crippen LogP contribution >= 0.6 is 22.6 Å². The molecule has 0 saturated carbocycles. The van der Waals surface area contributed by atoms with Crippen LogP contribution in [0.25, 0.3) is 0 Å². The van der Waals surface area contributed by atoms with E-state index in [9.17, 15) is 9.18 Å². The number of hydrogen-bond donors (Lipinski definition) is 1. The van der Waals surface area contributed by atoms with Crippen LogP contribution in [0.5, 0.6) is 5.75 Å². The molecule has 0 aliphatic heterocycles. The van der Waals surface area contributed by atoms with E-state index in [-0.39, 0.29) is 17.7 Å². The zero-order valence-electron chi connectivity index (χ0n) is 10.6. The Morgan fingerprint density at radius 1 is 1.33 bits per heavy atom. The number of carboxylic acids is 1. The lowest BCUT2D eigenvalue weighted by Gasteiger charge is -2.10. The molecule has 2 rings (SSSR count). The van der Waals surface area contributed by atoms with Gasteiger partial charge in [-0.25, -0.2) is 9.18 Å². The average Bonchev–Trinajstić information content (AvgIpc) is 2.47. The summed E-state index contributed by atoms with van der Waals surface area (Å²) in [6.07, 6.45) is 0. The maximum absolute atomic E-state index is 13.7. The molecule has 1 N–H and O–H groups in total. The molecule has 0 bridgehead atoms. The molecule has 106 valence electrons. The average molecular weight is 397 g/mol. The molecule has 0 fully saturated rings. The minimum Gasteiger partial charge on any atom is -0.488 e. The van der Waals surface area contributed by atoms with Crippen molar-refractivity contribution in [2.24, 2.45) is 0 Å². The lowest BCUT2D eigenvalue weighted by Crippen LogP contribution is -2.02. The molecular weight excluding hydrogens is 388 g/mol. The Labute approximate surface area is 133 Å². The SMILES string of the molecule is N#Cc1ccc(COc2cc(C(=O)O)ccc2I)c(F)c1. The number of ether oxygens (including phenoxy) is 1. The minimum atomic E-state index is -1.05. The topological polar surface area (TPSA) is 70.3 Å². The maximum Gasteiger partial charge on any atom is 0.335 e. The fraction of sp³-hybridized carbons (Fsp3) is 0.0667. The quantitative estimate of drug-likeness (QED) is 0.801. The Morgan fingerprint density at radius 2 is 2.10 bits per heavy atom. The van der Waals surface area contributed by atoms with Gasteiger partial charge in [-0.2, -0.15) is 5.26 Å². The van der Waals surface area contributed by atoms with E-state index in [1.165, 1.54) is 24.3 Å². The van der Waals surface area contributed by atoms with Gasteiger partial charge in [0, 0.05) is 5.56 Å². The summed E-state index contributed by atoms with van der Waals surface area (Å²) in [7, 11) is 0. The van der Waals surface area contributed by atoms with E-state index in [4.69, 9.17) is 15.1 Å². The van der Waals surface area contributed by atoms with Crippen molar-refractivity contribution in [3.8, 4) is 11.8 Å². The highest BCUT2D eigenvalue weighted by Gasteiger charge is 2.10. The number of nitriles is 1. The molecular formula is C15H9FINO3. The van der Waals surface area contributed by atoms with Gasteiger partial charge in [0.1, 0.15) is 18.2 Å². The predicted octanol–water partition coefficient (Wildman–Crippen LogP) is 3.58. The molecule has 2 aromatic carbocycles. The molecule has 4 nitrogen and oxygen atoms in total. The van der Waals surface area contributed by atoms with E-state index in [2.05, 4.69) is 0 Å². The first-order valence-corrected chi connectivity index (χ1v) is 6.93. The van der Waals surface area contributed by atoms with Gasteiger partial charge in [0.15, 0.2) is 0 Å². The number of benzene rings is 2. The van der Waals surface area contributed by atoms with Crippen molar-refractivity contribution >= 4 is 28.6 Å². The highest BCUT2D eigenvalue weighted by Crippen LogP contribution is 2.24. The largest absolute Gasteiger partial charge is 0.488 e. The van der Waals surface area contributed by atoms with Crippen LogP contribution in [0.3, 0.4) is 0 Å². The van der Waals surface area contributed by atoms with Gasteiger partial charge in [0.2, 0.25) is 0 Å². The summed E-state index contributed by atoms with van der Waals surface area (Å²) < 4.78 is 19.9. The second-order valence-electron chi connectivity index (χ2n) is 4.16. The van der Waals surface area contributed by atoms with Gasteiger partial charge < -0.3 is 9.84 Å². The van der Waals surface area contributed by atoms with E-state index >= 15 is 0 Å². The van der Waals surface area contributed by atoms with Crippen LogP contribution in [0.2, 0.25) is 0 Å². The molecule has 2 aromatic rings. The Morgan fingerprint density at radius 3 is 2.71 bits per heavy atom. The summed E-state index contributed by atoms with van der Waals surface area (Å²) in [6, 6.07) is 10.4. The lowest BCUT2D eigenvalue weighted by atomic mass is 10.1. The summed E-state index contributed by atoms with van der Waals surface area (Å²) in [5, 5.41) is 17.6. The molecule has 0 saturated heterocycles. The van der Waals surface area contributed by atoms with Crippen LogP contribution in [0, 0.1) is 20.7 Å². The molecule has 0 radical (unpaired) electrons. The van der Waals surface area contributed by atoms with Crippen LogP contribution in [-0.4, -0.2) is 11.1 Å². The molecule has 0 aromatic heterocycles. The first-order chi connectivity index (χ1) is 10.0. The first kappa shape index (κ1) is 15.3. The fourth-order valence-electron chi connectivity index (χ4n) is 1.64. The molecule has 0 unspecified atom stereocenters. The summed E-state index contributed by atoms with van der Waals surface area (Å²) in [5.41, 5.74) is 0.634. The Bertz CT molecular complexity index is 740. The van der Waals surface area contributed by atoms with Gasteiger partial charge >= 0.3 is 5.97 Å². The third-order valence-corrected chi connectivity index (χ3v) is 3.63. The number of aromatic carboxylic acids is 1. The van der Waals surface area contributed by atoms with Gasteiger partial charge in [-0.1, -0.05) is 6.07 Å². The molecule has 0 aliphatic rings. The second kappa shape index (κ2) is 6.54. The Kier molecular flexibility index (Phi) is 4.75. The van der Waals surface area contributed by atoms with Gasteiger partial charge in [-0.3, -0.25) is 0 Å². The van der Waals surface area contributed by atoms with Crippen molar-refractivity contribution in [3.63, 3.8) is 0 Å². The Balaban J connectivity index is 2.18. The van der Waals surface area contributed by atoms with Crippen molar-refractivity contribution in [2.45, 2.75) is 6.61 Å². The van der Waals surface area contributed by atoms with Gasteiger partial charge in [0.05, 0.1) is 20.8 Å². The summed E-state index contributed by atoms with van der Waals surface area (Å²) in [4.78, 5) is 10.9. The van der Waals surface area contributed by atoms with Crippen LogP contribution in [-0.2, 0) is 6.61 Å². The summed E-state index contributed by atoms with van der Waals surface area (Å²) in [6.45, 7) is -0.0450. The number of nitrogens with zero attached hydrogens (tertiary/aromatic N) is 1. The molecule has 6 heteroatoms. The number of carboxylic acid groups (broad SMARTS) is 1. The van der Waals surface area contributed by atoms with Gasteiger partial charge in [0.25, 0.3) is 0 Å². The molecule has 21 heavy (non-hydrogen) atoms. The van der Waals surface area contributed by atoms with Crippen molar-refractivity contribution in [3.05, 3.63) is 62.5 Å². The third-order valence-electron chi connectivity index (χ3n) is 2.74. The highest BCUT2D eigenvalue weighted by molar-refractivity contribution is 14.1. The van der Waals surface area contributed by atoms with E-state index < -0.39 is 11.8 Å². The van der Waals surface area contributed by atoms with Crippen LogP contribution in [0.15, 0.2) is 36.4 Å². The molecule has 0 aliphatic carbocycles. The second-order valence-corrected chi connectivity index (χ2v) is 5.32. The number of carbonyl (C=O) groups is 1. The van der Waals surface area contributed by atoms with Crippen molar-refractivity contribution in [1.82, 2.24) is 0 Å². The van der Waals surface area contributed by atoms with Gasteiger partial charge in [-0.15, -0.1) is 0 Å². The predicted molar refractivity (Wildman–Crippen MR) is 81.6 cm³/mol. The fourth-order valence-corrected chi connectivity index (χ4v) is 2.13. The summed E-state index contributed by atoms with van der Waals surface area (Å²) >= 11 is 2.01. The monoisotopic (exact) mass is 397 g/mol. The van der Waals surface area contributed by atoms with E-state index in [0.717, 1.165) is 9.64 Å². The Hall–Kier alpha value is -2.14. The first-order valence-electron chi connectivity index (χ1n) is 5.85. The zero-order chi connectivity index (χ0) is 15.4. The zero-order valence-corrected chi connectivity index (χ0v) is 12.8. The smallest absolute Gasteiger partial charge is 0.335 e. The normalized spacial score (nSPS) is 9.95. The van der Waals surface area contributed by atoms with E-state index in [1.54, 1.807) is 6.07 Å². The maximum atomic E-state index is 13.7. The van der Waals surface area contributed by atoms with Gasteiger partial charge in [-0.05, 0) is 52.9 Å². The highest BCUT2D eigenvalue weighted by atomic mass is 127. The third kappa shape index (κ3) is 3.70. The van der Waals surface area contributed by atoms with E-state index in [1.807, 2.05) is 28.7 Å². The van der Waals surface area contributed by atoms with Crippen molar-refractivity contribution < 1.29 is 19.0 Å². The molecule has 0 heterocycles. The van der Waals surface area contributed by atoms with E-state index in [0.29, 0.717) is 11.3 Å². The number of halogens is 2. The number of rotatable bonds is 4. The molecule has 0 spiro atoms. The minimum absolute atomic E-state index is 0.0450. The van der Waals surface area contributed by atoms with Crippen LogP contribution in [0.1, 0.15) is 21.5 Å². The molecule has 0 atom stereocenters. The van der Waals surface area contributed by atoms with Crippen LogP contribution in [0.4, 0.5) is 4.39 Å². The van der Waals surface area contributed by atoms with Crippen LogP contribution < -0.4 is 4.74 Å². The standard InChI is InChI=1S/C15H9FINO3/c16-12-5-9(7-18)1-2-11(12)8-21-14-6-10(15(19)20)3-4-13(14)17/h1-6H,8H2,(H,19,20). The van der Waals surface area contributed by atoms with Crippen molar-refractivity contribution in [1.29, 1.82) is 5.26 Å². The summed E-state index contributed by atoms with van der Waals surface area (Å²) in [5.74, 6) is -1.21. The number of hydrogen-bond acceptors (Lipinski definition) is 3. The molecule has 0 amide bonds. The lowest BCUT2D eigenvalue weighted by molar-refractivity contribution is 0.0696. The van der Waals surface area contributed by atoms with Crippen molar-refractivity contribution in [2.75, 3.05) is 0 Å².